The van der Waals surface area contributed by atoms with Crippen molar-refractivity contribution in [3.63, 3.8) is 0 Å². The Morgan fingerprint density at radius 1 is 0.667 bits per heavy atom. The quantitative estimate of drug-likeness (QED) is 0.605. The molecule has 0 aromatic heterocycles. The molecular weight excluding hydrogens is 195 g/mol. The van der Waals surface area contributed by atoms with Crippen molar-refractivity contribution in [2.24, 2.45) is 0 Å². The van der Waals surface area contributed by atoms with E-state index in [4.69, 9.17) is 20.1 Å². The first-order chi connectivity index (χ1) is 4.41. The molecular formula is C6H6Cl2Cr. The summed E-state index contributed by atoms with van der Waals surface area (Å²) >= 11 is -0.181. The third-order valence-electron chi connectivity index (χ3n) is 0.667. The Balaban J connectivity index is 0.000000187. The number of benzene rings is 1. The third-order valence-corrected chi connectivity index (χ3v) is 0.667. The van der Waals surface area contributed by atoms with Crippen molar-refractivity contribution in [2.75, 3.05) is 0 Å². The van der Waals surface area contributed by atoms with Crippen molar-refractivity contribution in [3.05, 3.63) is 36.4 Å². The van der Waals surface area contributed by atoms with Gasteiger partial charge in [-0.15, -0.1) is 0 Å². The molecule has 50 valence electrons. The van der Waals surface area contributed by atoms with Gasteiger partial charge in [0.1, 0.15) is 0 Å². The van der Waals surface area contributed by atoms with Crippen LogP contribution < -0.4 is 0 Å². The molecule has 0 bridgehead atoms. The van der Waals surface area contributed by atoms with Gasteiger partial charge in [-0.05, 0) is 0 Å². The van der Waals surface area contributed by atoms with Crippen molar-refractivity contribution < 1.29 is 13.4 Å². The van der Waals surface area contributed by atoms with Crippen LogP contribution in [0.4, 0.5) is 0 Å². The molecule has 0 aliphatic rings. The Morgan fingerprint density at radius 2 is 0.778 bits per heavy atom. The van der Waals surface area contributed by atoms with Gasteiger partial charge in [-0.1, -0.05) is 36.4 Å². The molecule has 0 N–H and O–H groups in total. The molecule has 0 fully saturated rings. The summed E-state index contributed by atoms with van der Waals surface area (Å²) in [4.78, 5) is 0. The fourth-order valence-corrected chi connectivity index (χ4v) is 0.385. The average Bonchev–Trinajstić information content (AvgIpc) is 1.93. The van der Waals surface area contributed by atoms with E-state index in [0.717, 1.165) is 0 Å². The second-order valence-electron chi connectivity index (χ2n) is 1.21. The molecule has 9 heavy (non-hydrogen) atoms. The van der Waals surface area contributed by atoms with E-state index in [9.17, 15) is 0 Å². The van der Waals surface area contributed by atoms with Crippen molar-refractivity contribution >= 4 is 20.1 Å². The first-order valence-corrected chi connectivity index (χ1v) is 5.82. The van der Waals surface area contributed by atoms with Crippen molar-refractivity contribution in [3.8, 4) is 0 Å². The molecule has 0 radical (unpaired) electrons. The Kier molecular flexibility index (Phi) is 8.64. The van der Waals surface area contributed by atoms with Gasteiger partial charge in [0.15, 0.2) is 0 Å². The van der Waals surface area contributed by atoms with Gasteiger partial charge in [0.05, 0.1) is 0 Å². The van der Waals surface area contributed by atoms with Crippen molar-refractivity contribution in [2.45, 2.75) is 0 Å². The molecule has 0 aliphatic heterocycles. The first-order valence-electron chi connectivity index (χ1n) is 2.31. The van der Waals surface area contributed by atoms with Crippen LogP contribution >= 0.6 is 20.1 Å². The van der Waals surface area contributed by atoms with E-state index in [2.05, 4.69) is 0 Å². The first kappa shape index (κ1) is 9.33. The van der Waals surface area contributed by atoms with Crippen LogP contribution in [0.1, 0.15) is 0 Å². The maximum absolute atomic E-state index is 4.83. The van der Waals surface area contributed by atoms with Gasteiger partial charge >= 0.3 is 33.5 Å². The Bertz CT molecular complexity index is 93.9. The summed E-state index contributed by atoms with van der Waals surface area (Å²) in [6.45, 7) is 0. The average molecular weight is 201 g/mol. The molecule has 0 aliphatic carbocycles. The van der Waals surface area contributed by atoms with E-state index < -0.39 is 0 Å². The minimum Gasteiger partial charge on any atom is -0.0623 e. The summed E-state index contributed by atoms with van der Waals surface area (Å²) in [6, 6.07) is 12.0. The van der Waals surface area contributed by atoms with E-state index in [1.807, 2.05) is 36.4 Å². The normalized spacial score (nSPS) is 7.33. The minimum absolute atomic E-state index is 0.181. The number of hydrogen-bond donors (Lipinski definition) is 0. The maximum Gasteiger partial charge on any atom is -0.0623 e. The summed E-state index contributed by atoms with van der Waals surface area (Å²) in [7, 11) is 9.65. The van der Waals surface area contributed by atoms with Crippen LogP contribution in [0.5, 0.6) is 0 Å². The molecule has 0 saturated heterocycles. The van der Waals surface area contributed by atoms with Crippen LogP contribution in [0.15, 0.2) is 36.4 Å². The van der Waals surface area contributed by atoms with Gasteiger partial charge in [-0.25, -0.2) is 0 Å². The van der Waals surface area contributed by atoms with E-state index in [0.29, 0.717) is 0 Å². The van der Waals surface area contributed by atoms with E-state index in [1.54, 1.807) is 0 Å². The van der Waals surface area contributed by atoms with Crippen LogP contribution in [0.3, 0.4) is 0 Å². The van der Waals surface area contributed by atoms with Gasteiger partial charge in [-0.2, -0.15) is 0 Å². The molecule has 0 unspecified atom stereocenters. The maximum atomic E-state index is 4.83. The molecule has 0 nitrogen and oxygen atoms in total. The summed E-state index contributed by atoms with van der Waals surface area (Å²) < 4.78 is 0. The van der Waals surface area contributed by atoms with E-state index in [1.165, 1.54) is 0 Å². The molecule has 1 aromatic carbocycles. The molecule has 0 saturated carbocycles. The van der Waals surface area contributed by atoms with Crippen LogP contribution in [0.25, 0.3) is 0 Å². The fraction of sp³-hybridized carbons (Fsp3) is 0. The zero-order valence-electron chi connectivity index (χ0n) is 4.63. The summed E-state index contributed by atoms with van der Waals surface area (Å²) in [5, 5.41) is 0. The second kappa shape index (κ2) is 8.33. The Morgan fingerprint density at radius 3 is 0.889 bits per heavy atom. The predicted octanol–water partition coefficient (Wildman–Crippen LogP) is 3.06. The molecule has 0 atom stereocenters. The van der Waals surface area contributed by atoms with Crippen LogP contribution in [-0.4, -0.2) is 0 Å². The van der Waals surface area contributed by atoms with Gasteiger partial charge in [0, 0.05) is 0 Å². The van der Waals surface area contributed by atoms with Crippen LogP contribution in [0.2, 0.25) is 0 Å². The molecule has 0 spiro atoms. The standard InChI is InChI=1S/C6H6.2ClH.Cr/c1-2-4-6-5-3-1;;;/h1-6H;2*1H;/q;;;+2/p-2. The van der Waals surface area contributed by atoms with Gasteiger partial charge in [-0.3, -0.25) is 0 Å². The topological polar surface area (TPSA) is 0 Å². The Hall–Kier alpha value is 0.332. The van der Waals surface area contributed by atoms with Crippen molar-refractivity contribution in [1.29, 1.82) is 0 Å². The van der Waals surface area contributed by atoms with Crippen LogP contribution in [-0.2, 0) is 13.4 Å². The smallest absolute Gasteiger partial charge is 0.0623 e. The van der Waals surface area contributed by atoms with E-state index in [-0.39, 0.29) is 13.4 Å². The number of hydrogen-bond acceptors (Lipinski definition) is 0. The monoisotopic (exact) mass is 200 g/mol. The molecule has 3 heteroatoms. The van der Waals surface area contributed by atoms with Crippen molar-refractivity contribution in [1.82, 2.24) is 0 Å². The van der Waals surface area contributed by atoms with Gasteiger partial charge < -0.3 is 0 Å². The summed E-state index contributed by atoms with van der Waals surface area (Å²) in [6.07, 6.45) is 0. The molecule has 1 aromatic rings. The largest absolute Gasteiger partial charge is 0.0623 e. The molecule has 0 heterocycles. The third kappa shape index (κ3) is 8.33. The van der Waals surface area contributed by atoms with Gasteiger partial charge in [0.25, 0.3) is 0 Å². The number of rotatable bonds is 0. The van der Waals surface area contributed by atoms with Gasteiger partial charge in [0.2, 0.25) is 0 Å². The SMILES string of the molecule is [Cl][Cr][Cl].c1ccccc1. The van der Waals surface area contributed by atoms with Crippen LogP contribution in [0, 0.1) is 0 Å². The minimum atomic E-state index is -0.181. The second-order valence-corrected chi connectivity index (χ2v) is 3.32. The predicted molar refractivity (Wildman–Crippen MR) is 38.1 cm³/mol. The fourth-order valence-electron chi connectivity index (χ4n) is 0.385. The summed E-state index contributed by atoms with van der Waals surface area (Å²) in [5.41, 5.74) is 0. The molecule has 0 amide bonds. The Labute approximate surface area is 69.9 Å². The zero-order chi connectivity index (χ0) is 6.95. The molecule has 1 rings (SSSR count). The summed E-state index contributed by atoms with van der Waals surface area (Å²) in [5.74, 6) is 0. The zero-order valence-corrected chi connectivity index (χ0v) is 7.42. The van der Waals surface area contributed by atoms with E-state index >= 15 is 0 Å². The number of halogens is 2.